The van der Waals surface area contributed by atoms with Gasteiger partial charge in [-0.2, -0.15) is 0 Å². The summed E-state index contributed by atoms with van der Waals surface area (Å²) in [6, 6.07) is 6.43. The highest BCUT2D eigenvalue weighted by Crippen LogP contribution is 2.33. The van der Waals surface area contributed by atoms with E-state index in [2.05, 4.69) is 51.1 Å². The molecule has 0 spiro atoms. The molecular formula is C15H17BrN2O. The maximum atomic E-state index is 5.89. The Morgan fingerprint density at radius 3 is 3.05 bits per heavy atom. The molecule has 0 radical (unpaired) electrons. The molecule has 3 rings (SSSR count). The van der Waals surface area contributed by atoms with Crippen molar-refractivity contribution in [3.8, 4) is 5.75 Å². The molecule has 0 saturated carbocycles. The lowest BCUT2D eigenvalue weighted by Crippen LogP contribution is -2.04. The molecule has 4 heteroatoms. The van der Waals surface area contributed by atoms with Crippen molar-refractivity contribution in [2.75, 3.05) is 6.61 Å². The first-order valence-corrected chi connectivity index (χ1v) is 7.28. The van der Waals surface area contributed by atoms with Crippen LogP contribution in [0, 0.1) is 0 Å². The van der Waals surface area contributed by atoms with Crippen molar-refractivity contribution in [3.63, 3.8) is 0 Å². The lowest BCUT2D eigenvalue weighted by Gasteiger charge is -2.10. The molecule has 1 aromatic heterocycles. The topological polar surface area (TPSA) is 40.2 Å². The van der Waals surface area contributed by atoms with Crippen LogP contribution < -0.4 is 10.5 Å². The largest absolute Gasteiger partial charge is 0.493 e. The highest BCUT2D eigenvalue weighted by molar-refractivity contribution is 9.10. The second kappa shape index (κ2) is 5.02. The van der Waals surface area contributed by atoms with E-state index < -0.39 is 0 Å². The van der Waals surface area contributed by atoms with Crippen LogP contribution in [-0.4, -0.2) is 11.2 Å². The van der Waals surface area contributed by atoms with Crippen molar-refractivity contribution < 1.29 is 4.74 Å². The van der Waals surface area contributed by atoms with Crippen molar-refractivity contribution in [2.45, 2.75) is 25.9 Å². The fraction of sp³-hybridized carbons (Fsp3) is 0.333. The SMILES string of the molecule is CC(N)c1ccn(Cc2cc(Br)cc3c2OCC3)c1. The average molecular weight is 321 g/mol. The molecule has 3 nitrogen and oxygen atoms in total. The van der Waals surface area contributed by atoms with Crippen molar-refractivity contribution in [3.05, 3.63) is 51.8 Å². The molecule has 0 bridgehead atoms. The van der Waals surface area contributed by atoms with Gasteiger partial charge in [0.25, 0.3) is 0 Å². The van der Waals surface area contributed by atoms with Crippen LogP contribution in [0.15, 0.2) is 35.1 Å². The van der Waals surface area contributed by atoms with Crippen LogP contribution in [0.1, 0.15) is 29.7 Å². The van der Waals surface area contributed by atoms with Gasteiger partial charge in [-0.05, 0) is 36.2 Å². The van der Waals surface area contributed by atoms with E-state index >= 15 is 0 Å². The standard InChI is InChI=1S/C15H17BrN2O/c1-10(17)12-2-4-18(8-12)9-13-7-14(16)6-11-3-5-19-15(11)13/h2,4,6-8,10H,3,5,9,17H2,1H3. The van der Waals surface area contributed by atoms with Gasteiger partial charge in [-0.15, -0.1) is 0 Å². The lowest BCUT2D eigenvalue weighted by atomic mass is 10.1. The van der Waals surface area contributed by atoms with Gasteiger partial charge in [0, 0.05) is 34.9 Å². The molecule has 0 fully saturated rings. The zero-order valence-corrected chi connectivity index (χ0v) is 12.5. The number of ether oxygens (including phenoxy) is 1. The van der Waals surface area contributed by atoms with Crippen LogP contribution in [0.4, 0.5) is 0 Å². The van der Waals surface area contributed by atoms with E-state index in [1.807, 2.05) is 6.92 Å². The maximum Gasteiger partial charge on any atom is 0.127 e. The van der Waals surface area contributed by atoms with E-state index in [9.17, 15) is 0 Å². The van der Waals surface area contributed by atoms with Gasteiger partial charge in [0.1, 0.15) is 5.75 Å². The molecule has 100 valence electrons. The second-order valence-corrected chi connectivity index (χ2v) is 5.97. The maximum absolute atomic E-state index is 5.89. The summed E-state index contributed by atoms with van der Waals surface area (Å²) in [6.45, 7) is 3.60. The van der Waals surface area contributed by atoms with E-state index in [-0.39, 0.29) is 6.04 Å². The summed E-state index contributed by atoms with van der Waals surface area (Å²) in [6.07, 6.45) is 5.17. The fourth-order valence-corrected chi connectivity index (χ4v) is 3.04. The van der Waals surface area contributed by atoms with E-state index in [1.165, 1.54) is 11.1 Å². The van der Waals surface area contributed by atoms with Crippen LogP contribution in [0.2, 0.25) is 0 Å². The van der Waals surface area contributed by atoms with Crippen molar-refractivity contribution in [1.29, 1.82) is 0 Å². The van der Waals surface area contributed by atoms with E-state index in [0.29, 0.717) is 0 Å². The van der Waals surface area contributed by atoms with Gasteiger partial charge in [-0.25, -0.2) is 0 Å². The summed E-state index contributed by atoms with van der Waals surface area (Å²) in [5.41, 5.74) is 9.56. The number of hydrogen-bond donors (Lipinski definition) is 1. The molecule has 0 saturated heterocycles. The van der Waals surface area contributed by atoms with Gasteiger partial charge < -0.3 is 15.0 Å². The summed E-state index contributed by atoms with van der Waals surface area (Å²) >= 11 is 3.57. The van der Waals surface area contributed by atoms with Crippen LogP contribution in [0.3, 0.4) is 0 Å². The molecular weight excluding hydrogens is 304 g/mol. The third-order valence-corrected chi connectivity index (χ3v) is 3.94. The lowest BCUT2D eigenvalue weighted by molar-refractivity contribution is 0.352. The molecule has 1 aliphatic heterocycles. The van der Waals surface area contributed by atoms with Gasteiger partial charge in [0.05, 0.1) is 13.2 Å². The summed E-state index contributed by atoms with van der Waals surface area (Å²) in [7, 11) is 0. The molecule has 1 atom stereocenters. The summed E-state index contributed by atoms with van der Waals surface area (Å²) < 4.78 is 9.02. The smallest absolute Gasteiger partial charge is 0.127 e. The van der Waals surface area contributed by atoms with Gasteiger partial charge in [-0.1, -0.05) is 15.9 Å². The third-order valence-electron chi connectivity index (χ3n) is 3.48. The van der Waals surface area contributed by atoms with E-state index in [4.69, 9.17) is 10.5 Å². The first-order chi connectivity index (χ1) is 9.13. The van der Waals surface area contributed by atoms with Crippen LogP contribution in [0.5, 0.6) is 5.75 Å². The predicted molar refractivity (Wildman–Crippen MR) is 79.5 cm³/mol. The highest BCUT2D eigenvalue weighted by Gasteiger charge is 2.17. The summed E-state index contributed by atoms with van der Waals surface area (Å²) in [5.74, 6) is 1.05. The zero-order chi connectivity index (χ0) is 13.4. The molecule has 0 aliphatic carbocycles. The molecule has 1 aromatic carbocycles. The quantitative estimate of drug-likeness (QED) is 0.943. The number of nitrogens with zero attached hydrogens (tertiary/aromatic N) is 1. The summed E-state index contributed by atoms with van der Waals surface area (Å²) in [5, 5.41) is 0. The Morgan fingerprint density at radius 1 is 1.47 bits per heavy atom. The Labute approximate surface area is 121 Å². The Kier molecular flexibility index (Phi) is 3.37. The van der Waals surface area contributed by atoms with Crippen molar-refractivity contribution in [2.24, 2.45) is 5.73 Å². The molecule has 1 aliphatic rings. The number of hydrogen-bond acceptors (Lipinski definition) is 2. The number of halogens is 1. The number of rotatable bonds is 3. The fourth-order valence-electron chi connectivity index (χ4n) is 2.49. The first kappa shape index (κ1) is 12.8. The Hall–Kier alpha value is -1.26. The van der Waals surface area contributed by atoms with E-state index in [0.717, 1.165) is 35.4 Å². The third kappa shape index (κ3) is 2.55. The molecule has 2 heterocycles. The van der Waals surface area contributed by atoms with Gasteiger partial charge in [0.15, 0.2) is 0 Å². The van der Waals surface area contributed by atoms with Crippen molar-refractivity contribution in [1.82, 2.24) is 4.57 Å². The molecule has 0 amide bonds. The Morgan fingerprint density at radius 2 is 2.32 bits per heavy atom. The Balaban J connectivity index is 1.90. The number of nitrogens with two attached hydrogens (primary N) is 1. The predicted octanol–water partition coefficient (Wildman–Crippen LogP) is 3.25. The summed E-state index contributed by atoms with van der Waals surface area (Å²) in [4.78, 5) is 0. The monoisotopic (exact) mass is 320 g/mol. The highest BCUT2D eigenvalue weighted by atomic mass is 79.9. The van der Waals surface area contributed by atoms with Crippen LogP contribution >= 0.6 is 15.9 Å². The van der Waals surface area contributed by atoms with E-state index in [1.54, 1.807) is 0 Å². The first-order valence-electron chi connectivity index (χ1n) is 6.49. The number of fused-ring (bicyclic) bond motifs is 1. The van der Waals surface area contributed by atoms with Gasteiger partial charge >= 0.3 is 0 Å². The zero-order valence-electron chi connectivity index (χ0n) is 10.9. The van der Waals surface area contributed by atoms with Gasteiger partial charge in [-0.3, -0.25) is 0 Å². The van der Waals surface area contributed by atoms with Crippen LogP contribution in [-0.2, 0) is 13.0 Å². The minimum Gasteiger partial charge on any atom is -0.493 e. The normalized spacial score (nSPS) is 15.1. The van der Waals surface area contributed by atoms with Gasteiger partial charge in [0.2, 0.25) is 0 Å². The molecule has 2 N–H and O–H groups in total. The minimum atomic E-state index is 0.0747. The van der Waals surface area contributed by atoms with Crippen LogP contribution in [0.25, 0.3) is 0 Å². The number of benzene rings is 1. The Bertz CT molecular complexity index is 604. The van der Waals surface area contributed by atoms with Crippen molar-refractivity contribution >= 4 is 15.9 Å². The molecule has 2 aromatic rings. The average Bonchev–Trinajstić information content (AvgIpc) is 2.96. The molecule has 19 heavy (non-hydrogen) atoms. The second-order valence-electron chi connectivity index (χ2n) is 5.06. The molecule has 1 unspecified atom stereocenters. The number of aromatic nitrogens is 1. The minimum absolute atomic E-state index is 0.0747.